The van der Waals surface area contributed by atoms with Crippen molar-refractivity contribution in [3.05, 3.63) is 83.2 Å². The van der Waals surface area contributed by atoms with E-state index in [1.165, 1.54) is 11.7 Å². The van der Waals surface area contributed by atoms with E-state index in [9.17, 15) is 9.59 Å². The van der Waals surface area contributed by atoms with Crippen molar-refractivity contribution in [2.45, 2.75) is 46.1 Å². The molecule has 5 nitrogen and oxygen atoms in total. The van der Waals surface area contributed by atoms with Crippen LogP contribution >= 0.6 is 0 Å². The first-order chi connectivity index (χ1) is 15.1. The van der Waals surface area contributed by atoms with Gasteiger partial charge in [-0.25, -0.2) is 14.2 Å². The van der Waals surface area contributed by atoms with Crippen LogP contribution in [0, 0.1) is 0 Å². The van der Waals surface area contributed by atoms with Gasteiger partial charge in [0.25, 0.3) is 0 Å². The summed E-state index contributed by atoms with van der Waals surface area (Å²) in [7, 11) is 1.34. The highest BCUT2D eigenvalue weighted by Gasteiger charge is 2.31. The van der Waals surface area contributed by atoms with E-state index in [-0.39, 0.29) is 12.3 Å². The van der Waals surface area contributed by atoms with Crippen LogP contribution in [0.15, 0.2) is 60.7 Å². The zero-order chi connectivity index (χ0) is 22.2. The van der Waals surface area contributed by atoms with Crippen molar-refractivity contribution in [3.8, 4) is 11.1 Å². The van der Waals surface area contributed by atoms with Crippen LogP contribution in [0.2, 0.25) is 0 Å². The maximum atomic E-state index is 13.3. The first kappa shape index (κ1) is 22.3. The van der Waals surface area contributed by atoms with Gasteiger partial charge >= 0.3 is 12.1 Å². The van der Waals surface area contributed by atoms with E-state index in [0.717, 1.165) is 47.2 Å². The number of esters is 1. The first-order valence-corrected chi connectivity index (χ1v) is 10.7. The Balaban J connectivity index is 2.17. The molecule has 0 aliphatic heterocycles. The minimum absolute atomic E-state index is 0.133. The van der Waals surface area contributed by atoms with Gasteiger partial charge in [0.2, 0.25) is 0 Å². The number of methoxy groups -OCH3 is 1. The molecule has 2 aromatic carbocycles. The highest BCUT2D eigenvalue weighted by atomic mass is 16.6. The Morgan fingerprint density at radius 3 is 2.06 bits per heavy atom. The molecule has 0 saturated carbocycles. The van der Waals surface area contributed by atoms with Gasteiger partial charge in [0.05, 0.1) is 7.11 Å². The summed E-state index contributed by atoms with van der Waals surface area (Å²) >= 11 is 0. The van der Waals surface area contributed by atoms with Gasteiger partial charge in [-0.2, -0.15) is 0 Å². The molecular formula is C26H29NO4. The van der Waals surface area contributed by atoms with Crippen LogP contribution in [-0.2, 0) is 28.9 Å². The Bertz CT molecular complexity index is 1020. The van der Waals surface area contributed by atoms with Crippen LogP contribution in [0.25, 0.3) is 11.1 Å². The largest absolute Gasteiger partial charge is 0.464 e. The van der Waals surface area contributed by atoms with Gasteiger partial charge in [-0.1, -0.05) is 87.4 Å². The Morgan fingerprint density at radius 2 is 1.48 bits per heavy atom. The lowest BCUT2D eigenvalue weighted by molar-refractivity contribution is 0.0585. The maximum absolute atomic E-state index is 13.3. The molecule has 5 heteroatoms. The molecule has 3 rings (SSSR count). The van der Waals surface area contributed by atoms with Crippen LogP contribution < -0.4 is 0 Å². The highest BCUT2D eigenvalue weighted by Crippen LogP contribution is 2.35. The lowest BCUT2D eigenvalue weighted by Crippen LogP contribution is -2.22. The molecule has 1 aromatic heterocycles. The molecule has 3 aromatic rings. The molecule has 0 spiro atoms. The van der Waals surface area contributed by atoms with Crippen molar-refractivity contribution in [3.63, 3.8) is 0 Å². The predicted molar refractivity (Wildman–Crippen MR) is 121 cm³/mol. The Kier molecular flexibility index (Phi) is 7.65. The highest BCUT2D eigenvalue weighted by molar-refractivity contribution is 6.01. The molecular weight excluding hydrogens is 390 g/mol. The quantitative estimate of drug-likeness (QED) is 0.418. The minimum atomic E-state index is -0.563. The summed E-state index contributed by atoms with van der Waals surface area (Å²) in [6.45, 7) is 4.28. The number of benzene rings is 2. The van der Waals surface area contributed by atoms with Gasteiger partial charge in [-0.05, 0) is 29.5 Å². The lowest BCUT2D eigenvalue weighted by Gasteiger charge is -2.12. The van der Waals surface area contributed by atoms with Crippen molar-refractivity contribution in [2.75, 3.05) is 7.11 Å². The van der Waals surface area contributed by atoms with Gasteiger partial charge in [0.1, 0.15) is 12.3 Å². The minimum Gasteiger partial charge on any atom is -0.464 e. The molecule has 0 N–H and O–H groups in total. The van der Waals surface area contributed by atoms with E-state index in [1.54, 1.807) is 0 Å². The number of carbonyl (C=O) groups is 2. The summed E-state index contributed by atoms with van der Waals surface area (Å²) < 4.78 is 12.2. The van der Waals surface area contributed by atoms with E-state index < -0.39 is 12.1 Å². The standard InChI is InChI=1S/C26H29NO4/c1-4-12-21-22(13-5-2)27(26(29)31-18-19-14-8-6-9-15-19)24(25(28)30-3)23(21)20-16-10-7-11-17-20/h6-11,14-17H,4-5,12-13,18H2,1-3H3. The van der Waals surface area contributed by atoms with E-state index in [0.29, 0.717) is 6.42 Å². The zero-order valence-corrected chi connectivity index (χ0v) is 18.4. The van der Waals surface area contributed by atoms with Gasteiger partial charge in [-0.3, -0.25) is 0 Å². The van der Waals surface area contributed by atoms with Crippen molar-refractivity contribution in [2.24, 2.45) is 0 Å². The molecule has 0 amide bonds. The van der Waals surface area contributed by atoms with Crippen LogP contribution in [0.1, 0.15) is 54.0 Å². The second-order valence-corrected chi connectivity index (χ2v) is 7.38. The number of aromatic nitrogens is 1. The van der Waals surface area contributed by atoms with Crippen molar-refractivity contribution in [1.29, 1.82) is 0 Å². The Labute approximate surface area is 183 Å². The van der Waals surface area contributed by atoms with Gasteiger partial charge < -0.3 is 9.47 Å². The van der Waals surface area contributed by atoms with Crippen LogP contribution in [0.3, 0.4) is 0 Å². The molecule has 0 aliphatic carbocycles. The molecule has 31 heavy (non-hydrogen) atoms. The molecule has 0 radical (unpaired) electrons. The average molecular weight is 420 g/mol. The fourth-order valence-electron chi connectivity index (χ4n) is 3.88. The summed E-state index contributed by atoms with van der Waals surface area (Å²) in [6.07, 6.45) is 2.57. The van der Waals surface area contributed by atoms with Crippen molar-refractivity contribution >= 4 is 12.1 Å². The average Bonchev–Trinajstić information content (AvgIpc) is 3.12. The Morgan fingerprint density at radius 1 is 0.871 bits per heavy atom. The number of nitrogens with zero attached hydrogens (tertiary/aromatic N) is 1. The van der Waals surface area contributed by atoms with Gasteiger partial charge in [-0.15, -0.1) is 0 Å². The van der Waals surface area contributed by atoms with Crippen LogP contribution in [0.5, 0.6) is 0 Å². The smallest absolute Gasteiger partial charge is 0.419 e. The van der Waals surface area contributed by atoms with Crippen molar-refractivity contribution in [1.82, 2.24) is 4.57 Å². The third kappa shape index (κ3) is 4.88. The monoisotopic (exact) mass is 419 g/mol. The van der Waals surface area contributed by atoms with E-state index in [2.05, 4.69) is 13.8 Å². The molecule has 0 aliphatic rings. The second kappa shape index (κ2) is 10.6. The topological polar surface area (TPSA) is 57.5 Å². The number of ether oxygens (including phenoxy) is 2. The predicted octanol–water partition coefficient (Wildman–Crippen LogP) is 6.03. The summed E-state index contributed by atoms with van der Waals surface area (Å²) in [5, 5.41) is 0. The Hall–Kier alpha value is -3.34. The van der Waals surface area contributed by atoms with E-state index >= 15 is 0 Å². The van der Waals surface area contributed by atoms with E-state index in [4.69, 9.17) is 9.47 Å². The molecule has 0 fully saturated rings. The number of hydrogen-bond donors (Lipinski definition) is 0. The lowest BCUT2D eigenvalue weighted by atomic mass is 9.96. The van der Waals surface area contributed by atoms with E-state index in [1.807, 2.05) is 60.7 Å². The molecule has 1 heterocycles. The zero-order valence-electron chi connectivity index (χ0n) is 18.4. The fraction of sp³-hybridized carbons (Fsp3) is 0.308. The van der Waals surface area contributed by atoms with Gasteiger partial charge in [0.15, 0.2) is 0 Å². The number of rotatable bonds is 8. The molecule has 0 saturated heterocycles. The third-order valence-corrected chi connectivity index (χ3v) is 5.20. The fourth-order valence-corrected chi connectivity index (χ4v) is 3.88. The second-order valence-electron chi connectivity index (χ2n) is 7.38. The first-order valence-electron chi connectivity index (χ1n) is 10.7. The SMILES string of the molecule is CCCc1c(-c2ccccc2)c(C(=O)OC)n(C(=O)OCc2ccccc2)c1CCC. The third-order valence-electron chi connectivity index (χ3n) is 5.20. The maximum Gasteiger partial charge on any atom is 0.419 e. The number of carbonyl (C=O) groups excluding carboxylic acids is 2. The van der Waals surface area contributed by atoms with Crippen LogP contribution in [-0.4, -0.2) is 23.7 Å². The van der Waals surface area contributed by atoms with Crippen LogP contribution in [0.4, 0.5) is 4.79 Å². The number of hydrogen-bond acceptors (Lipinski definition) is 4. The molecule has 0 bridgehead atoms. The molecule has 0 unspecified atom stereocenters. The summed E-state index contributed by atoms with van der Waals surface area (Å²) in [6, 6.07) is 19.2. The summed E-state index contributed by atoms with van der Waals surface area (Å²) in [4.78, 5) is 26.2. The summed E-state index contributed by atoms with van der Waals surface area (Å²) in [5.74, 6) is -0.546. The molecule has 162 valence electrons. The van der Waals surface area contributed by atoms with Crippen molar-refractivity contribution < 1.29 is 19.1 Å². The normalized spacial score (nSPS) is 10.7. The van der Waals surface area contributed by atoms with Gasteiger partial charge in [0, 0.05) is 11.3 Å². The summed E-state index contributed by atoms with van der Waals surface area (Å²) in [5.41, 5.74) is 4.59. The molecule has 0 atom stereocenters.